The van der Waals surface area contributed by atoms with Gasteiger partial charge in [-0.1, -0.05) is 18.2 Å². The van der Waals surface area contributed by atoms with E-state index >= 15 is 0 Å². The van der Waals surface area contributed by atoms with Gasteiger partial charge in [0.1, 0.15) is 5.75 Å². The topological polar surface area (TPSA) is 94.3 Å². The molecule has 2 atom stereocenters. The van der Waals surface area contributed by atoms with Crippen molar-refractivity contribution in [1.82, 2.24) is 10.2 Å². The van der Waals surface area contributed by atoms with E-state index in [1.165, 1.54) is 0 Å². The second-order valence-corrected chi connectivity index (χ2v) is 9.26. The van der Waals surface area contributed by atoms with Gasteiger partial charge in [0.25, 0.3) is 0 Å². The molecule has 1 fully saturated rings. The number of allylic oxidation sites excluding steroid dienone is 1. The number of nitriles is 1. The molecule has 4 rings (SSSR count). The van der Waals surface area contributed by atoms with Crippen molar-refractivity contribution in [3.8, 4) is 11.8 Å². The van der Waals surface area contributed by atoms with Crippen LogP contribution in [-0.4, -0.2) is 42.1 Å². The van der Waals surface area contributed by atoms with Gasteiger partial charge in [0, 0.05) is 43.3 Å². The smallest absolute Gasteiger partial charge is 0.159 e. The summed E-state index contributed by atoms with van der Waals surface area (Å²) >= 11 is 3.53. The molecule has 1 aliphatic carbocycles. The third-order valence-corrected chi connectivity index (χ3v) is 6.65. The van der Waals surface area contributed by atoms with Crippen molar-refractivity contribution in [2.45, 2.75) is 26.3 Å². The summed E-state index contributed by atoms with van der Waals surface area (Å²) in [4.78, 5) is 2.19. The van der Waals surface area contributed by atoms with Crippen LogP contribution in [0.25, 0.3) is 6.08 Å². The van der Waals surface area contributed by atoms with Crippen molar-refractivity contribution < 1.29 is 9.84 Å². The van der Waals surface area contributed by atoms with Crippen LogP contribution in [0.3, 0.4) is 0 Å². The van der Waals surface area contributed by atoms with E-state index in [9.17, 15) is 10.4 Å². The minimum absolute atomic E-state index is 0.186. The fourth-order valence-electron chi connectivity index (χ4n) is 4.15. The van der Waals surface area contributed by atoms with Gasteiger partial charge in [-0.25, -0.2) is 0 Å². The molecule has 0 radical (unpaired) electrons. The number of benzene rings is 1. The zero-order valence-electron chi connectivity index (χ0n) is 17.7. The van der Waals surface area contributed by atoms with Crippen LogP contribution in [0.1, 0.15) is 30.0 Å². The molecule has 1 unspecified atom stereocenters. The maximum Gasteiger partial charge on any atom is 0.159 e. The zero-order valence-corrected chi connectivity index (χ0v) is 19.3. The Hall–Kier alpha value is -2.63. The van der Waals surface area contributed by atoms with Gasteiger partial charge in [-0.15, -0.1) is 10.2 Å². The number of hydrogen-bond donors (Lipinski definition) is 2. The number of ether oxygens (including phenoxy) is 1. The van der Waals surface area contributed by atoms with Crippen LogP contribution in [0.15, 0.2) is 28.7 Å². The largest absolute Gasteiger partial charge is 0.496 e. The molecule has 0 saturated carbocycles. The maximum atomic E-state index is 9.69. The predicted molar refractivity (Wildman–Crippen MR) is 124 cm³/mol. The third-order valence-electron chi connectivity index (χ3n) is 6.03. The quantitative estimate of drug-likeness (QED) is 0.645. The standard InChI is InChI=1S/C23H26BrN5O2/c1-23(14-25)7-5-17-18(10-23)21(26-11-15-3-4-20(31-2)19(24)9-15)27-28-22(17)29-8-6-16(12-29)13-30/h3-5,7,9,16,30H,6,8,10-13H2,1-2H3,(H,26,27)/t16-,23?/m1/s1. The second-order valence-electron chi connectivity index (χ2n) is 8.41. The highest BCUT2D eigenvalue weighted by atomic mass is 79.9. The molecule has 31 heavy (non-hydrogen) atoms. The zero-order chi connectivity index (χ0) is 22.0. The van der Waals surface area contributed by atoms with Gasteiger partial charge >= 0.3 is 0 Å². The molecule has 1 aromatic heterocycles. The lowest BCUT2D eigenvalue weighted by atomic mass is 9.79. The first-order chi connectivity index (χ1) is 15.0. The Balaban J connectivity index is 1.64. The number of aromatic nitrogens is 2. The highest BCUT2D eigenvalue weighted by Crippen LogP contribution is 2.39. The molecule has 1 saturated heterocycles. The van der Waals surface area contributed by atoms with Gasteiger partial charge in [-0.3, -0.25) is 0 Å². The fourth-order valence-corrected chi connectivity index (χ4v) is 4.74. The Bertz CT molecular complexity index is 1050. The summed E-state index contributed by atoms with van der Waals surface area (Å²) in [6.45, 7) is 4.32. The Morgan fingerprint density at radius 3 is 2.94 bits per heavy atom. The molecule has 8 heteroatoms. The summed E-state index contributed by atoms with van der Waals surface area (Å²) in [5.74, 6) is 2.59. The number of nitrogens with one attached hydrogen (secondary N) is 1. The SMILES string of the molecule is COc1ccc(CNc2nnc(N3CC[C@@H](CO)C3)c3c2CC(C)(C#N)C=C3)cc1Br. The molecule has 2 N–H and O–H groups in total. The number of anilines is 2. The molecule has 7 nitrogen and oxygen atoms in total. The average molecular weight is 484 g/mol. The van der Waals surface area contributed by atoms with Crippen LogP contribution < -0.4 is 15.0 Å². The van der Waals surface area contributed by atoms with Crippen molar-refractivity contribution in [3.05, 3.63) is 45.4 Å². The van der Waals surface area contributed by atoms with Crippen molar-refractivity contribution >= 4 is 33.6 Å². The Morgan fingerprint density at radius 2 is 2.26 bits per heavy atom. The number of hydrogen-bond acceptors (Lipinski definition) is 7. The number of methoxy groups -OCH3 is 1. The highest BCUT2D eigenvalue weighted by molar-refractivity contribution is 9.10. The van der Waals surface area contributed by atoms with E-state index in [2.05, 4.69) is 42.4 Å². The van der Waals surface area contributed by atoms with Crippen molar-refractivity contribution in [2.24, 2.45) is 11.3 Å². The van der Waals surface area contributed by atoms with Crippen molar-refractivity contribution in [2.75, 3.05) is 37.0 Å². The van der Waals surface area contributed by atoms with Crippen LogP contribution in [-0.2, 0) is 13.0 Å². The summed E-state index contributed by atoms with van der Waals surface area (Å²) in [7, 11) is 1.64. The lowest BCUT2D eigenvalue weighted by Gasteiger charge is -2.28. The van der Waals surface area contributed by atoms with E-state index in [4.69, 9.17) is 4.74 Å². The molecule has 2 aliphatic rings. The fraction of sp³-hybridized carbons (Fsp3) is 0.435. The number of aliphatic hydroxyl groups excluding tert-OH is 1. The van der Waals surface area contributed by atoms with Crippen LogP contribution in [0.2, 0.25) is 0 Å². The lowest BCUT2D eigenvalue weighted by molar-refractivity contribution is 0.238. The number of aliphatic hydroxyl groups is 1. The predicted octanol–water partition coefficient (Wildman–Crippen LogP) is 3.78. The average Bonchev–Trinajstić information content (AvgIpc) is 3.26. The van der Waals surface area contributed by atoms with Gasteiger partial charge in [0.15, 0.2) is 11.6 Å². The summed E-state index contributed by atoms with van der Waals surface area (Å²) in [6.07, 6.45) is 5.49. The number of rotatable bonds is 6. The van der Waals surface area contributed by atoms with Crippen LogP contribution >= 0.6 is 15.9 Å². The summed E-state index contributed by atoms with van der Waals surface area (Å²) in [6, 6.07) is 8.36. The van der Waals surface area contributed by atoms with E-state index in [1.54, 1.807) is 7.11 Å². The lowest BCUT2D eigenvalue weighted by Crippen LogP contribution is -2.27. The van der Waals surface area contributed by atoms with E-state index in [0.29, 0.717) is 18.8 Å². The summed E-state index contributed by atoms with van der Waals surface area (Å²) in [5.41, 5.74) is 2.52. The normalized spacial score (nSPS) is 22.2. The number of nitrogens with zero attached hydrogens (tertiary/aromatic N) is 4. The van der Waals surface area contributed by atoms with Gasteiger partial charge in [-0.2, -0.15) is 5.26 Å². The van der Waals surface area contributed by atoms with Crippen molar-refractivity contribution in [1.29, 1.82) is 5.26 Å². The molecule has 0 spiro atoms. The Labute approximate surface area is 190 Å². The Kier molecular flexibility index (Phi) is 6.17. The number of fused-ring (bicyclic) bond motifs is 1. The van der Waals surface area contributed by atoms with E-state index < -0.39 is 5.41 Å². The minimum Gasteiger partial charge on any atom is -0.496 e. The number of halogens is 1. The van der Waals surface area contributed by atoms with Crippen LogP contribution in [0.4, 0.5) is 11.6 Å². The summed E-state index contributed by atoms with van der Waals surface area (Å²) < 4.78 is 6.20. The maximum absolute atomic E-state index is 9.69. The molecular weight excluding hydrogens is 458 g/mol. The molecule has 0 amide bonds. The second kappa shape index (κ2) is 8.85. The molecule has 2 aromatic rings. The molecule has 1 aromatic carbocycles. The van der Waals surface area contributed by atoms with Gasteiger partial charge in [0.2, 0.25) is 0 Å². The molecule has 2 heterocycles. The molecular formula is C23H26BrN5O2. The summed E-state index contributed by atoms with van der Waals surface area (Å²) in [5, 5.41) is 31.7. The first-order valence-electron chi connectivity index (χ1n) is 10.4. The Morgan fingerprint density at radius 1 is 1.42 bits per heavy atom. The van der Waals surface area contributed by atoms with Crippen molar-refractivity contribution in [3.63, 3.8) is 0 Å². The molecule has 162 valence electrons. The highest BCUT2D eigenvalue weighted by Gasteiger charge is 2.32. The monoisotopic (exact) mass is 483 g/mol. The van der Waals surface area contributed by atoms with Gasteiger partial charge in [0.05, 0.1) is 23.1 Å². The van der Waals surface area contributed by atoms with E-state index in [1.807, 2.05) is 37.3 Å². The van der Waals surface area contributed by atoms with Gasteiger partial charge < -0.3 is 20.1 Å². The third kappa shape index (κ3) is 4.39. The molecule has 0 bridgehead atoms. The van der Waals surface area contributed by atoms with Crippen LogP contribution in [0, 0.1) is 22.7 Å². The first kappa shape index (κ1) is 21.6. The molecule has 1 aliphatic heterocycles. The van der Waals surface area contributed by atoms with E-state index in [0.717, 1.165) is 52.2 Å². The van der Waals surface area contributed by atoms with Crippen LogP contribution in [0.5, 0.6) is 5.75 Å². The van der Waals surface area contributed by atoms with E-state index in [-0.39, 0.29) is 12.5 Å². The minimum atomic E-state index is -0.578. The first-order valence-corrected chi connectivity index (χ1v) is 11.2. The van der Waals surface area contributed by atoms with Gasteiger partial charge in [-0.05, 0) is 53.4 Å².